The maximum absolute atomic E-state index is 12.5. The molecule has 0 unspecified atom stereocenters. The van der Waals surface area contributed by atoms with Crippen LogP contribution < -0.4 is 9.64 Å². The SMILES string of the molecule is C=CC(=O)N(c1ccc(OC)cc1)C1CCN(CCc2ccccc2)CC1.Cl. The molecule has 0 atom stereocenters. The summed E-state index contributed by atoms with van der Waals surface area (Å²) >= 11 is 0. The van der Waals surface area contributed by atoms with Gasteiger partial charge in [-0.25, -0.2) is 0 Å². The fraction of sp³-hybridized carbons (Fsp3) is 0.348. The molecule has 28 heavy (non-hydrogen) atoms. The van der Waals surface area contributed by atoms with E-state index in [0.29, 0.717) is 0 Å². The van der Waals surface area contributed by atoms with E-state index >= 15 is 0 Å². The molecule has 1 aliphatic rings. The number of anilines is 1. The number of ether oxygens (including phenoxy) is 1. The Morgan fingerprint density at radius 1 is 1.14 bits per heavy atom. The summed E-state index contributed by atoms with van der Waals surface area (Å²) in [6.45, 7) is 6.77. The van der Waals surface area contributed by atoms with Crippen LogP contribution in [0.3, 0.4) is 0 Å². The minimum Gasteiger partial charge on any atom is -0.497 e. The lowest BCUT2D eigenvalue weighted by molar-refractivity contribution is -0.114. The average molecular weight is 401 g/mol. The number of methoxy groups -OCH3 is 1. The number of carbonyl (C=O) groups is 1. The highest BCUT2D eigenvalue weighted by molar-refractivity contribution is 6.01. The van der Waals surface area contributed by atoms with Crippen LogP contribution in [0.2, 0.25) is 0 Å². The Balaban J connectivity index is 0.00000280. The Bertz CT molecular complexity index is 741. The number of amides is 1. The van der Waals surface area contributed by atoms with E-state index in [-0.39, 0.29) is 24.4 Å². The van der Waals surface area contributed by atoms with Gasteiger partial charge in [-0.05, 0) is 55.2 Å². The third-order valence-corrected chi connectivity index (χ3v) is 5.24. The van der Waals surface area contributed by atoms with Gasteiger partial charge in [-0.1, -0.05) is 36.9 Å². The van der Waals surface area contributed by atoms with Crippen molar-refractivity contribution in [1.82, 2.24) is 4.90 Å². The molecular weight excluding hydrogens is 372 g/mol. The third kappa shape index (κ3) is 5.60. The molecule has 1 saturated heterocycles. The summed E-state index contributed by atoms with van der Waals surface area (Å²) in [6.07, 6.45) is 4.42. The zero-order valence-corrected chi connectivity index (χ0v) is 17.2. The Kier molecular flexibility index (Phi) is 8.55. The number of hydrogen-bond donors (Lipinski definition) is 0. The molecule has 1 fully saturated rings. The van der Waals surface area contributed by atoms with Gasteiger partial charge in [0, 0.05) is 31.4 Å². The topological polar surface area (TPSA) is 32.8 Å². The molecule has 0 aliphatic carbocycles. The Morgan fingerprint density at radius 2 is 1.79 bits per heavy atom. The second-order valence-electron chi connectivity index (χ2n) is 6.92. The Labute approximate surface area is 174 Å². The third-order valence-electron chi connectivity index (χ3n) is 5.24. The van der Waals surface area contributed by atoms with Crippen molar-refractivity contribution in [3.05, 3.63) is 72.8 Å². The number of rotatable bonds is 7. The zero-order valence-electron chi connectivity index (χ0n) is 16.4. The number of piperidine rings is 1. The summed E-state index contributed by atoms with van der Waals surface area (Å²) in [6, 6.07) is 18.5. The first-order valence-corrected chi connectivity index (χ1v) is 9.57. The first-order chi connectivity index (χ1) is 13.2. The average Bonchev–Trinajstić information content (AvgIpc) is 2.74. The van der Waals surface area contributed by atoms with Gasteiger partial charge in [0.1, 0.15) is 5.75 Å². The number of likely N-dealkylation sites (tertiary alicyclic amines) is 1. The van der Waals surface area contributed by atoms with E-state index in [4.69, 9.17) is 4.74 Å². The van der Waals surface area contributed by atoms with Gasteiger partial charge < -0.3 is 14.5 Å². The van der Waals surface area contributed by atoms with E-state index in [2.05, 4.69) is 41.8 Å². The summed E-state index contributed by atoms with van der Waals surface area (Å²) in [5.74, 6) is 0.753. The van der Waals surface area contributed by atoms with Gasteiger partial charge in [-0.3, -0.25) is 4.79 Å². The molecule has 1 aliphatic heterocycles. The molecule has 5 heteroatoms. The van der Waals surface area contributed by atoms with Crippen LogP contribution in [0.4, 0.5) is 5.69 Å². The molecule has 0 spiro atoms. The molecule has 1 heterocycles. The quantitative estimate of drug-likeness (QED) is 0.648. The number of nitrogens with zero attached hydrogens (tertiary/aromatic N) is 2. The van der Waals surface area contributed by atoms with Gasteiger partial charge in [-0.15, -0.1) is 12.4 Å². The summed E-state index contributed by atoms with van der Waals surface area (Å²) < 4.78 is 5.23. The first kappa shape index (κ1) is 22.0. The van der Waals surface area contributed by atoms with Crippen LogP contribution in [-0.4, -0.2) is 43.6 Å². The molecule has 3 rings (SSSR count). The fourth-order valence-corrected chi connectivity index (χ4v) is 3.69. The van der Waals surface area contributed by atoms with E-state index in [1.54, 1.807) is 7.11 Å². The molecule has 0 N–H and O–H groups in total. The normalized spacial score (nSPS) is 14.8. The molecule has 150 valence electrons. The lowest BCUT2D eigenvalue weighted by Crippen LogP contribution is -2.47. The molecule has 0 radical (unpaired) electrons. The summed E-state index contributed by atoms with van der Waals surface area (Å²) in [5.41, 5.74) is 2.28. The smallest absolute Gasteiger partial charge is 0.250 e. The van der Waals surface area contributed by atoms with Crippen LogP contribution in [0.5, 0.6) is 5.75 Å². The fourth-order valence-electron chi connectivity index (χ4n) is 3.69. The molecule has 4 nitrogen and oxygen atoms in total. The van der Waals surface area contributed by atoms with Crippen molar-refractivity contribution < 1.29 is 9.53 Å². The largest absolute Gasteiger partial charge is 0.497 e. The molecule has 1 amide bonds. The van der Waals surface area contributed by atoms with Crippen molar-refractivity contribution in [3.8, 4) is 5.75 Å². The zero-order chi connectivity index (χ0) is 19.1. The second-order valence-corrected chi connectivity index (χ2v) is 6.92. The van der Waals surface area contributed by atoms with Crippen molar-refractivity contribution in [3.63, 3.8) is 0 Å². The highest BCUT2D eigenvalue weighted by Gasteiger charge is 2.27. The molecule has 0 saturated carbocycles. The van der Waals surface area contributed by atoms with Crippen LogP contribution in [-0.2, 0) is 11.2 Å². The van der Waals surface area contributed by atoms with Gasteiger partial charge >= 0.3 is 0 Å². The minimum absolute atomic E-state index is 0. The van der Waals surface area contributed by atoms with Gasteiger partial charge in [0.25, 0.3) is 5.91 Å². The lowest BCUT2D eigenvalue weighted by atomic mass is 10.0. The van der Waals surface area contributed by atoms with Crippen molar-refractivity contribution in [2.45, 2.75) is 25.3 Å². The summed E-state index contributed by atoms with van der Waals surface area (Å²) in [4.78, 5) is 16.9. The summed E-state index contributed by atoms with van der Waals surface area (Å²) in [5, 5.41) is 0. The highest BCUT2D eigenvalue weighted by Crippen LogP contribution is 2.26. The number of carbonyl (C=O) groups excluding carboxylic acids is 1. The summed E-state index contributed by atoms with van der Waals surface area (Å²) in [7, 11) is 1.65. The van der Waals surface area contributed by atoms with Crippen molar-refractivity contribution in [2.75, 3.05) is 31.6 Å². The number of hydrogen-bond acceptors (Lipinski definition) is 3. The van der Waals surface area contributed by atoms with Crippen LogP contribution in [0.15, 0.2) is 67.3 Å². The highest BCUT2D eigenvalue weighted by atomic mass is 35.5. The van der Waals surface area contributed by atoms with Crippen molar-refractivity contribution in [2.24, 2.45) is 0 Å². The van der Waals surface area contributed by atoms with Crippen LogP contribution in [0, 0.1) is 0 Å². The van der Waals surface area contributed by atoms with E-state index in [1.807, 2.05) is 29.2 Å². The second kappa shape index (κ2) is 10.9. The van der Waals surface area contributed by atoms with Crippen LogP contribution >= 0.6 is 12.4 Å². The van der Waals surface area contributed by atoms with E-state index in [9.17, 15) is 4.79 Å². The number of benzene rings is 2. The number of halogens is 1. The molecule has 0 aromatic heterocycles. The minimum atomic E-state index is -0.0390. The van der Waals surface area contributed by atoms with Crippen LogP contribution in [0.1, 0.15) is 18.4 Å². The van der Waals surface area contributed by atoms with Gasteiger partial charge in [-0.2, -0.15) is 0 Å². The Morgan fingerprint density at radius 3 is 2.36 bits per heavy atom. The first-order valence-electron chi connectivity index (χ1n) is 9.57. The van der Waals surface area contributed by atoms with E-state index < -0.39 is 0 Å². The molecule has 0 bridgehead atoms. The Hall–Kier alpha value is -2.30. The van der Waals surface area contributed by atoms with E-state index in [1.165, 1.54) is 11.6 Å². The van der Waals surface area contributed by atoms with Gasteiger partial charge in [0.2, 0.25) is 0 Å². The maximum atomic E-state index is 12.5. The monoisotopic (exact) mass is 400 g/mol. The van der Waals surface area contributed by atoms with Crippen molar-refractivity contribution in [1.29, 1.82) is 0 Å². The maximum Gasteiger partial charge on any atom is 0.250 e. The lowest BCUT2D eigenvalue weighted by Gasteiger charge is -2.38. The van der Waals surface area contributed by atoms with Crippen LogP contribution in [0.25, 0.3) is 0 Å². The molecular formula is C23H29ClN2O2. The predicted molar refractivity (Wildman–Crippen MR) is 118 cm³/mol. The van der Waals surface area contributed by atoms with E-state index in [0.717, 1.165) is 50.3 Å². The van der Waals surface area contributed by atoms with Crippen molar-refractivity contribution >= 4 is 24.0 Å². The van der Waals surface area contributed by atoms with Gasteiger partial charge in [0.05, 0.1) is 7.11 Å². The van der Waals surface area contributed by atoms with Gasteiger partial charge in [0.15, 0.2) is 0 Å². The molecule has 2 aromatic carbocycles. The molecule has 2 aromatic rings. The predicted octanol–water partition coefficient (Wildman–Crippen LogP) is 4.34. The standard InChI is InChI=1S/C23H28N2O2.ClH/c1-3-23(26)25(20-9-11-22(27-2)12-10-20)21-14-17-24(18-15-21)16-13-19-7-5-4-6-8-19;/h3-12,21H,1,13-18H2,2H3;1H.